The van der Waals surface area contributed by atoms with Crippen molar-refractivity contribution in [2.75, 3.05) is 19.8 Å². The number of ether oxygens (including phenoxy) is 1. The zero-order valence-corrected chi connectivity index (χ0v) is 15.2. The van der Waals surface area contributed by atoms with E-state index in [9.17, 15) is 27.2 Å². The Bertz CT molecular complexity index is 854. The molecule has 12 heteroatoms. The van der Waals surface area contributed by atoms with Crippen LogP contribution in [0.15, 0.2) is 24.4 Å². The average Bonchev–Trinajstić information content (AvgIpc) is 3.15. The second-order valence-corrected chi connectivity index (χ2v) is 5.99. The zero-order valence-electron chi connectivity index (χ0n) is 15.2. The smallest absolute Gasteiger partial charge is 0.405 e. The Kier molecular flexibility index (Phi) is 7.51. The molecule has 0 aliphatic rings. The summed E-state index contributed by atoms with van der Waals surface area (Å²) in [4.78, 5) is 23.2. The highest BCUT2D eigenvalue weighted by Gasteiger charge is 2.28. The fraction of sp³-hybridized carbons (Fsp3) is 0.412. The molecule has 1 aromatic carbocycles. The van der Waals surface area contributed by atoms with E-state index in [1.165, 1.54) is 29.1 Å². The Hall–Kier alpha value is -3.18. The van der Waals surface area contributed by atoms with Crippen molar-refractivity contribution < 1.29 is 31.9 Å². The predicted molar refractivity (Wildman–Crippen MR) is 93.6 cm³/mol. The number of nitrogens with zero attached hydrogens (tertiary/aromatic N) is 3. The second kappa shape index (κ2) is 9.85. The van der Waals surface area contributed by atoms with E-state index in [0.29, 0.717) is 24.9 Å². The van der Waals surface area contributed by atoms with Gasteiger partial charge >= 0.3 is 6.18 Å². The van der Waals surface area contributed by atoms with Crippen molar-refractivity contribution in [1.29, 1.82) is 0 Å². The highest BCUT2D eigenvalue weighted by atomic mass is 19.4. The van der Waals surface area contributed by atoms with Crippen LogP contribution in [0.1, 0.15) is 40.1 Å². The molecular weight excluding hydrogens is 398 g/mol. The average molecular weight is 417 g/mol. The van der Waals surface area contributed by atoms with Gasteiger partial charge in [-0.25, -0.2) is 4.68 Å². The van der Waals surface area contributed by atoms with Crippen LogP contribution in [-0.2, 0) is 0 Å². The van der Waals surface area contributed by atoms with Gasteiger partial charge in [0.05, 0.1) is 19.5 Å². The first-order valence-corrected chi connectivity index (χ1v) is 8.61. The topological polar surface area (TPSA) is 112 Å². The van der Waals surface area contributed by atoms with Crippen molar-refractivity contribution in [3.05, 3.63) is 35.7 Å². The highest BCUT2D eigenvalue weighted by molar-refractivity contribution is 5.95. The standard InChI is InChI=1S/C17H19F4N5O3/c18-6-2-1-3-7-29-14-8-11(16(28)23-10-17(19,20)21)4-5-13(14)26-9-12(15(22)27)24-25-26/h4-5,8-9H,1-3,6-7,10H2,(H2,22,27)(H,23,28). The van der Waals surface area contributed by atoms with Gasteiger partial charge in [0.25, 0.3) is 11.8 Å². The van der Waals surface area contributed by atoms with Gasteiger partial charge < -0.3 is 15.8 Å². The van der Waals surface area contributed by atoms with Crippen LogP contribution in [0.25, 0.3) is 5.69 Å². The van der Waals surface area contributed by atoms with E-state index in [1.54, 1.807) is 5.32 Å². The first-order valence-electron chi connectivity index (χ1n) is 8.61. The Morgan fingerprint density at radius 3 is 2.59 bits per heavy atom. The molecule has 0 saturated heterocycles. The van der Waals surface area contributed by atoms with Gasteiger partial charge in [0, 0.05) is 5.56 Å². The maximum absolute atomic E-state index is 12.3. The van der Waals surface area contributed by atoms with Crippen LogP contribution in [0.2, 0.25) is 0 Å². The molecule has 0 aliphatic heterocycles. The van der Waals surface area contributed by atoms with Crippen LogP contribution in [0.4, 0.5) is 17.6 Å². The fourth-order valence-electron chi connectivity index (χ4n) is 2.29. The van der Waals surface area contributed by atoms with Gasteiger partial charge in [-0.15, -0.1) is 5.10 Å². The number of unbranched alkanes of at least 4 members (excludes halogenated alkanes) is 2. The number of carbonyl (C=O) groups excluding carboxylic acids is 2. The summed E-state index contributed by atoms with van der Waals surface area (Å²) in [6.45, 7) is -1.75. The minimum atomic E-state index is -4.54. The molecular formula is C17H19F4N5O3. The van der Waals surface area contributed by atoms with Gasteiger partial charge in [0.2, 0.25) is 0 Å². The third-order valence-electron chi connectivity index (χ3n) is 3.70. The molecule has 0 fully saturated rings. The van der Waals surface area contributed by atoms with Crippen LogP contribution < -0.4 is 15.8 Å². The monoisotopic (exact) mass is 417 g/mol. The van der Waals surface area contributed by atoms with Gasteiger partial charge in [-0.1, -0.05) is 5.21 Å². The molecule has 0 radical (unpaired) electrons. The quantitative estimate of drug-likeness (QED) is 0.455. The third-order valence-corrected chi connectivity index (χ3v) is 3.70. The van der Waals surface area contributed by atoms with Crippen molar-refractivity contribution in [3.8, 4) is 11.4 Å². The lowest BCUT2D eigenvalue weighted by atomic mass is 10.1. The Morgan fingerprint density at radius 2 is 1.97 bits per heavy atom. The predicted octanol–water partition coefficient (Wildman–Crippen LogP) is 2.18. The highest BCUT2D eigenvalue weighted by Crippen LogP contribution is 2.25. The molecule has 2 amide bonds. The van der Waals surface area contributed by atoms with Crippen LogP contribution in [-0.4, -0.2) is 52.8 Å². The van der Waals surface area contributed by atoms with Crippen LogP contribution in [0.5, 0.6) is 5.75 Å². The summed E-state index contributed by atoms with van der Waals surface area (Å²) >= 11 is 0. The Labute approximate surface area is 163 Å². The number of hydrogen-bond acceptors (Lipinski definition) is 5. The number of nitrogens with two attached hydrogens (primary N) is 1. The summed E-state index contributed by atoms with van der Waals surface area (Å²) in [5.41, 5.74) is 5.27. The molecule has 0 saturated carbocycles. The number of carbonyl (C=O) groups is 2. The molecule has 2 rings (SSSR count). The molecule has 158 valence electrons. The Balaban J connectivity index is 2.24. The molecule has 8 nitrogen and oxygen atoms in total. The van der Waals surface area contributed by atoms with Crippen molar-refractivity contribution in [2.45, 2.75) is 25.4 Å². The molecule has 0 unspecified atom stereocenters. The fourth-order valence-corrected chi connectivity index (χ4v) is 2.29. The maximum Gasteiger partial charge on any atom is 0.405 e. The lowest BCUT2D eigenvalue weighted by molar-refractivity contribution is -0.123. The number of aromatic nitrogens is 3. The first-order chi connectivity index (χ1) is 13.7. The largest absolute Gasteiger partial charge is 0.491 e. The van der Waals surface area contributed by atoms with Crippen molar-refractivity contribution >= 4 is 11.8 Å². The number of benzene rings is 1. The summed E-state index contributed by atoms with van der Waals surface area (Å²) in [6, 6.07) is 3.92. The van der Waals surface area contributed by atoms with Gasteiger partial charge in [-0.05, 0) is 37.5 Å². The van der Waals surface area contributed by atoms with E-state index in [-0.39, 0.29) is 23.6 Å². The molecule has 1 aromatic heterocycles. The molecule has 0 bridgehead atoms. The minimum Gasteiger partial charge on any atom is -0.491 e. The van der Waals surface area contributed by atoms with E-state index in [2.05, 4.69) is 10.3 Å². The molecule has 1 heterocycles. The van der Waals surface area contributed by atoms with Crippen LogP contribution in [0.3, 0.4) is 0 Å². The van der Waals surface area contributed by atoms with Crippen molar-refractivity contribution in [1.82, 2.24) is 20.3 Å². The third kappa shape index (κ3) is 6.73. The number of hydrogen-bond donors (Lipinski definition) is 2. The number of primary amides is 1. The zero-order chi connectivity index (χ0) is 21.4. The number of amides is 2. The summed E-state index contributed by atoms with van der Waals surface area (Å²) in [6.07, 6.45) is -1.82. The molecule has 3 N–H and O–H groups in total. The van der Waals surface area contributed by atoms with E-state index in [4.69, 9.17) is 10.5 Å². The minimum absolute atomic E-state index is 0.0630. The SMILES string of the molecule is NC(=O)c1cn(-c2ccc(C(=O)NCC(F)(F)F)cc2OCCCCCF)nn1. The van der Waals surface area contributed by atoms with E-state index >= 15 is 0 Å². The summed E-state index contributed by atoms with van der Waals surface area (Å²) in [5, 5.41) is 9.13. The van der Waals surface area contributed by atoms with Crippen molar-refractivity contribution in [3.63, 3.8) is 0 Å². The first kappa shape index (κ1) is 22.1. The number of rotatable bonds is 10. The van der Waals surface area contributed by atoms with E-state index in [1.807, 2.05) is 0 Å². The van der Waals surface area contributed by atoms with E-state index in [0.717, 1.165) is 0 Å². The number of nitrogens with one attached hydrogen (secondary N) is 1. The van der Waals surface area contributed by atoms with Gasteiger partial charge in [0.1, 0.15) is 18.0 Å². The van der Waals surface area contributed by atoms with Gasteiger partial charge in [-0.2, -0.15) is 13.2 Å². The lowest BCUT2D eigenvalue weighted by Crippen LogP contribution is -2.33. The molecule has 29 heavy (non-hydrogen) atoms. The molecule has 0 aliphatic carbocycles. The summed E-state index contributed by atoms with van der Waals surface area (Å²) in [7, 11) is 0. The summed E-state index contributed by atoms with van der Waals surface area (Å²) < 4.78 is 55.9. The molecule has 2 aromatic rings. The molecule has 0 spiro atoms. The summed E-state index contributed by atoms with van der Waals surface area (Å²) in [5.74, 6) is -1.61. The molecule has 0 atom stereocenters. The number of alkyl halides is 4. The van der Waals surface area contributed by atoms with Crippen molar-refractivity contribution in [2.24, 2.45) is 5.73 Å². The Morgan fingerprint density at radius 1 is 1.21 bits per heavy atom. The van der Waals surface area contributed by atoms with E-state index < -0.39 is 31.2 Å². The maximum atomic E-state index is 12.3. The second-order valence-electron chi connectivity index (χ2n) is 5.99. The lowest BCUT2D eigenvalue weighted by Gasteiger charge is -2.13. The van der Waals surface area contributed by atoms with Gasteiger partial charge in [-0.3, -0.25) is 14.0 Å². The van der Waals surface area contributed by atoms with Gasteiger partial charge in [0.15, 0.2) is 5.69 Å². The van der Waals surface area contributed by atoms with Crippen LogP contribution in [0, 0.1) is 0 Å². The van der Waals surface area contributed by atoms with Crippen LogP contribution >= 0.6 is 0 Å². The number of halogens is 4. The normalized spacial score (nSPS) is 11.3.